The second kappa shape index (κ2) is 6.61. The molecule has 0 atom stereocenters. The van der Waals surface area contributed by atoms with Gasteiger partial charge in [-0.05, 0) is 36.4 Å². The number of hydrogen-bond donors (Lipinski definition) is 1. The van der Waals surface area contributed by atoms with Gasteiger partial charge in [0.25, 0.3) is 0 Å². The molecule has 0 aliphatic carbocycles. The van der Waals surface area contributed by atoms with Crippen molar-refractivity contribution in [2.45, 2.75) is 24.9 Å². The van der Waals surface area contributed by atoms with Gasteiger partial charge in [-0.3, -0.25) is 4.68 Å². The molecule has 3 nitrogen and oxygen atoms in total. The molecule has 0 unspecified atom stereocenters. The standard InChI is InChI=1S/C14H19N3S/c1-12-9-16-17(11-12)8-7-15-10-13-3-5-14(18-2)6-4-13/h3-6,9,11,15H,7-8,10H2,1-2H3. The van der Waals surface area contributed by atoms with Gasteiger partial charge in [0.2, 0.25) is 0 Å². The minimum absolute atomic E-state index is 0.912. The Bertz CT molecular complexity index is 476. The summed E-state index contributed by atoms with van der Waals surface area (Å²) in [7, 11) is 0. The first-order chi connectivity index (χ1) is 8.78. The van der Waals surface area contributed by atoms with Crippen molar-refractivity contribution in [3.63, 3.8) is 0 Å². The lowest BCUT2D eigenvalue weighted by Crippen LogP contribution is -2.19. The molecular weight excluding hydrogens is 242 g/mol. The van der Waals surface area contributed by atoms with Crippen molar-refractivity contribution in [3.8, 4) is 0 Å². The number of rotatable bonds is 6. The van der Waals surface area contributed by atoms with E-state index in [-0.39, 0.29) is 0 Å². The van der Waals surface area contributed by atoms with Crippen molar-refractivity contribution < 1.29 is 0 Å². The largest absolute Gasteiger partial charge is 0.311 e. The van der Waals surface area contributed by atoms with E-state index in [0.29, 0.717) is 0 Å². The van der Waals surface area contributed by atoms with Crippen molar-refractivity contribution in [1.29, 1.82) is 0 Å². The van der Waals surface area contributed by atoms with Crippen LogP contribution >= 0.6 is 11.8 Å². The van der Waals surface area contributed by atoms with Crippen LogP contribution in [-0.2, 0) is 13.1 Å². The van der Waals surface area contributed by atoms with Crippen molar-refractivity contribution in [2.24, 2.45) is 0 Å². The number of benzene rings is 1. The maximum absolute atomic E-state index is 4.26. The summed E-state index contributed by atoms with van der Waals surface area (Å²) in [4.78, 5) is 1.31. The second-order valence-corrected chi connectivity index (χ2v) is 5.19. The van der Waals surface area contributed by atoms with Crippen LogP contribution in [0.4, 0.5) is 0 Å². The number of thioether (sulfide) groups is 1. The third-order valence-electron chi connectivity index (χ3n) is 2.77. The number of hydrogen-bond acceptors (Lipinski definition) is 3. The molecule has 1 heterocycles. The van der Waals surface area contributed by atoms with Crippen LogP contribution in [0.1, 0.15) is 11.1 Å². The Balaban J connectivity index is 1.71. The molecule has 18 heavy (non-hydrogen) atoms. The van der Waals surface area contributed by atoms with E-state index in [4.69, 9.17) is 0 Å². The third kappa shape index (κ3) is 3.89. The summed E-state index contributed by atoms with van der Waals surface area (Å²) >= 11 is 1.77. The normalized spacial score (nSPS) is 10.8. The van der Waals surface area contributed by atoms with Gasteiger partial charge >= 0.3 is 0 Å². The van der Waals surface area contributed by atoms with Gasteiger partial charge in [-0.25, -0.2) is 0 Å². The highest BCUT2D eigenvalue weighted by atomic mass is 32.2. The van der Waals surface area contributed by atoms with Gasteiger partial charge in [-0.15, -0.1) is 11.8 Å². The van der Waals surface area contributed by atoms with E-state index < -0.39 is 0 Å². The van der Waals surface area contributed by atoms with Gasteiger partial charge in [-0.1, -0.05) is 12.1 Å². The highest BCUT2D eigenvalue weighted by Gasteiger charge is 1.95. The summed E-state index contributed by atoms with van der Waals surface area (Å²) in [6.45, 7) is 4.82. The second-order valence-electron chi connectivity index (χ2n) is 4.31. The quantitative estimate of drug-likeness (QED) is 0.640. The lowest BCUT2D eigenvalue weighted by molar-refractivity contribution is 0.554. The summed E-state index contributed by atoms with van der Waals surface area (Å²) in [5, 5.41) is 7.69. The molecule has 0 aliphatic rings. The van der Waals surface area contributed by atoms with Gasteiger partial charge in [0.15, 0.2) is 0 Å². The van der Waals surface area contributed by atoms with Crippen molar-refractivity contribution in [1.82, 2.24) is 15.1 Å². The van der Waals surface area contributed by atoms with E-state index in [1.165, 1.54) is 16.0 Å². The smallest absolute Gasteiger partial charge is 0.0534 e. The lowest BCUT2D eigenvalue weighted by atomic mass is 10.2. The molecule has 0 spiro atoms. The topological polar surface area (TPSA) is 29.9 Å². The minimum Gasteiger partial charge on any atom is -0.311 e. The first-order valence-corrected chi connectivity index (χ1v) is 7.33. The van der Waals surface area contributed by atoms with Crippen LogP contribution in [-0.4, -0.2) is 22.6 Å². The predicted molar refractivity (Wildman–Crippen MR) is 76.9 cm³/mol. The highest BCUT2D eigenvalue weighted by molar-refractivity contribution is 7.98. The van der Waals surface area contributed by atoms with Crippen molar-refractivity contribution >= 4 is 11.8 Å². The van der Waals surface area contributed by atoms with E-state index in [9.17, 15) is 0 Å². The molecule has 1 N–H and O–H groups in total. The Morgan fingerprint density at radius 3 is 2.67 bits per heavy atom. The molecule has 2 rings (SSSR count). The Hall–Kier alpha value is -1.26. The van der Waals surface area contributed by atoms with E-state index >= 15 is 0 Å². The molecule has 2 aromatic rings. The SMILES string of the molecule is CSc1ccc(CNCCn2cc(C)cn2)cc1. The maximum atomic E-state index is 4.26. The van der Waals surface area contributed by atoms with Crippen LogP contribution in [0.15, 0.2) is 41.6 Å². The number of nitrogens with one attached hydrogen (secondary N) is 1. The van der Waals surface area contributed by atoms with E-state index in [0.717, 1.165) is 19.6 Å². The molecule has 4 heteroatoms. The van der Waals surface area contributed by atoms with Crippen LogP contribution in [0.2, 0.25) is 0 Å². The molecule has 1 aromatic heterocycles. The fraction of sp³-hybridized carbons (Fsp3) is 0.357. The molecule has 0 saturated carbocycles. The first-order valence-electron chi connectivity index (χ1n) is 6.10. The van der Waals surface area contributed by atoms with Gasteiger partial charge in [-0.2, -0.15) is 5.10 Å². The summed E-state index contributed by atoms with van der Waals surface area (Å²) in [6, 6.07) is 8.69. The zero-order chi connectivity index (χ0) is 12.8. The Morgan fingerprint density at radius 1 is 1.28 bits per heavy atom. The van der Waals surface area contributed by atoms with Crippen LogP contribution in [0.3, 0.4) is 0 Å². The highest BCUT2D eigenvalue weighted by Crippen LogP contribution is 2.14. The minimum atomic E-state index is 0.912. The van der Waals surface area contributed by atoms with Gasteiger partial charge < -0.3 is 5.32 Å². The van der Waals surface area contributed by atoms with Crippen molar-refractivity contribution in [2.75, 3.05) is 12.8 Å². The molecule has 0 radical (unpaired) electrons. The Morgan fingerprint density at radius 2 is 2.06 bits per heavy atom. The van der Waals surface area contributed by atoms with Crippen LogP contribution in [0, 0.1) is 6.92 Å². The monoisotopic (exact) mass is 261 g/mol. The lowest BCUT2D eigenvalue weighted by Gasteiger charge is -2.06. The molecule has 1 aromatic carbocycles. The van der Waals surface area contributed by atoms with E-state index in [1.807, 2.05) is 10.9 Å². The molecule has 0 amide bonds. The molecule has 96 valence electrons. The number of nitrogens with zero attached hydrogens (tertiary/aromatic N) is 2. The van der Waals surface area contributed by atoms with Crippen LogP contribution < -0.4 is 5.32 Å². The molecule has 0 saturated heterocycles. The van der Waals surface area contributed by atoms with Crippen LogP contribution in [0.25, 0.3) is 0 Å². The van der Waals surface area contributed by atoms with Gasteiger partial charge in [0.1, 0.15) is 0 Å². The zero-order valence-electron chi connectivity index (χ0n) is 10.9. The maximum Gasteiger partial charge on any atom is 0.0534 e. The number of aromatic nitrogens is 2. The van der Waals surface area contributed by atoms with Gasteiger partial charge in [0.05, 0.1) is 12.7 Å². The molecule has 0 bridgehead atoms. The van der Waals surface area contributed by atoms with E-state index in [2.05, 4.69) is 54.1 Å². The molecular formula is C14H19N3S. The van der Waals surface area contributed by atoms with Crippen molar-refractivity contribution in [3.05, 3.63) is 47.8 Å². The predicted octanol–water partition coefficient (Wildman–Crippen LogP) is 2.70. The number of aryl methyl sites for hydroxylation is 1. The zero-order valence-corrected chi connectivity index (χ0v) is 11.7. The molecule has 0 fully saturated rings. The van der Waals surface area contributed by atoms with Crippen LogP contribution in [0.5, 0.6) is 0 Å². The molecule has 0 aliphatic heterocycles. The Labute approximate surface area is 113 Å². The average Bonchev–Trinajstić information content (AvgIpc) is 2.81. The Kier molecular flexibility index (Phi) is 4.84. The van der Waals surface area contributed by atoms with Gasteiger partial charge in [0, 0.05) is 24.2 Å². The fourth-order valence-electron chi connectivity index (χ4n) is 1.76. The summed E-state index contributed by atoms with van der Waals surface area (Å²) in [5.41, 5.74) is 2.53. The summed E-state index contributed by atoms with van der Waals surface area (Å²) in [5.74, 6) is 0. The average molecular weight is 261 g/mol. The third-order valence-corrected chi connectivity index (χ3v) is 3.51. The summed E-state index contributed by atoms with van der Waals surface area (Å²) in [6.07, 6.45) is 6.05. The fourth-order valence-corrected chi connectivity index (χ4v) is 2.17. The first kappa shape index (κ1) is 13.2. The summed E-state index contributed by atoms with van der Waals surface area (Å²) < 4.78 is 1.97. The van der Waals surface area contributed by atoms with E-state index in [1.54, 1.807) is 11.8 Å².